The maximum absolute atomic E-state index is 9.73. The molecule has 0 bridgehead atoms. The zero-order chi connectivity index (χ0) is 28.8. The van der Waals surface area contributed by atoms with Gasteiger partial charge in [-0.15, -0.1) is 13.2 Å². The van der Waals surface area contributed by atoms with E-state index < -0.39 is 5.60 Å². The van der Waals surface area contributed by atoms with Gasteiger partial charge in [0.05, 0.1) is 19.8 Å². The largest absolute Gasteiger partial charge is 0.497 e. The van der Waals surface area contributed by atoms with Crippen LogP contribution in [0.25, 0.3) is 6.08 Å². The molecule has 0 saturated carbocycles. The van der Waals surface area contributed by atoms with Crippen molar-refractivity contribution in [3.63, 3.8) is 0 Å². The highest BCUT2D eigenvalue weighted by Crippen LogP contribution is 2.16. The zero-order valence-electron chi connectivity index (χ0n) is 24.8. The first kappa shape index (κ1) is 34.7. The molecule has 0 radical (unpaired) electrons. The molecule has 1 N–H and O–H groups in total. The van der Waals surface area contributed by atoms with Gasteiger partial charge in [0.25, 0.3) is 0 Å². The number of benzene rings is 2. The highest BCUT2D eigenvalue weighted by molar-refractivity contribution is 5.50. The summed E-state index contributed by atoms with van der Waals surface area (Å²) in [5, 5.41) is 9.73. The minimum absolute atomic E-state index is 0.726. The number of rotatable bonds is 12. The minimum atomic E-state index is -0.726. The summed E-state index contributed by atoms with van der Waals surface area (Å²) in [7, 11) is 3.34. The van der Waals surface area contributed by atoms with Gasteiger partial charge in [-0.25, -0.2) is 0 Å². The van der Waals surface area contributed by atoms with Crippen molar-refractivity contribution < 1.29 is 14.6 Å². The Kier molecular flexibility index (Phi) is 18.9. The molecule has 0 aromatic heterocycles. The van der Waals surface area contributed by atoms with Gasteiger partial charge in [0.1, 0.15) is 11.5 Å². The van der Waals surface area contributed by atoms with E-state index in [2.05, 4.69) is 52.2 Å². The predicted molar refractivity (Wildman–Crippen MR) is 167 cm³/mol. The fourth-order valence-electron chi connectivity index (χ4n) is 3.24. The lowest BCUT2D eigenvalue weighted by Gasteiger charge is -2.16. The first-order chi connectivity index (χ1) is 18.1. The first-order valence-electron chi connectivity index (χ1n) is 13.3. The van der Waals surface area contributed by atoms with Crippen molar-refractivity contribution in [1.82, 2.24) is 0 Å². The van der Waals surface area contributed by atoms with Crippen LogP contribution in [0.2, 0.25) is 0 Å². The average Bonchev–Trinajstić information content (AvgIpc) is 2.90. The van der Waals surface area contributed by atoms with Gasteiger partial charge in [-0.05, 0) is 102 Å². The van der Waals surface area contributed by atoms with E-state index >= 15 is 0 Å². The van der Waals surface area contributed by atoms with Crippen LogP contribution in [0.5, 0.6) is 11.5 Å². The summed E-state index contributed by atoms with van der Waals surface area (Å²) in [4.78, 5) is 0. The minimum Gasteiger partial charge on any atom is -0.497 e. The summed E-state index contributed by atoms with van der Waals surface area (Å²) in [5.41, 5.74) is 4.52. The van der Waals surface area contributed by atoms with E-state index in [9.17, 15) is 5.11 Å². The van der Waals surface area contributed by atoms with E-state index in [1.165, 1.54) is 22.3 Å². The number of hydrogen-bond donors (Lipinski definition) is 1. The second-order valence-corrected chi connectivity index (χ2v) is 9.58. The average molecular weight is 519 g/mol. The Bertz CT molecular complexity index is 986. The van der Waals surface area contributed by atoms with E-state index in [1.54, 1.807) is 27.2 Å². The SMILES string of the molecule is C/C=C/c1ccc(OC)cc1.C=CC(C)(O)CCC=C(C)CCC=C(C)C.C=CCc1ccc(OC)cc1. The normalized spacial score (nSPS) is 12.2. The Morgan fingerprint density at radius 1 is 0.868 bits per heavy atom. The van der Waals surface area contributed by atoms with Gasteiger partial charge < -0.3 is 14.6 Å². The van der Waals surface area contributed by atoms with Gasteiger partial charge in [0, 0.05) is 0 Å². The first-order valence-corrected chi connectivity index (χ1v) is 13.3. The van der Waals surface area contributed by atoms with Crippen LogP contribution in [0.1, 0.15) is 71.4 Å². The highest BCUT2D eigenvalue weighted by atomic mass is 16.5. The van der Waals surface area contributed by atoms with Crippen molar-refractivity contribution in [1.29, 1.82) is 0 Å². The fourth-order valence-corrected chi connectivity index (χ4v) is 3.24. The van der Waals surface area contributed by atoms with Gasteiger partial charge in [0.15, 0.2) is 0 Å². The Morgan fingerprint density at radius 2 is 1.42 bits per heavy atom. The molecule has 0 heterocycles. The molecule has 0 aliphatic heterocycles. The molecule has 0 fully saturated rings. The van der Waals surface area contributed by atoms with Crippen LogP contribution >= 0.6 is 0 Å². The smallest absolute Gasteiger partial charge is 0.118 e. The highest BCUT2D eigenvalue weighted by Gasteiger charge is 2.13. The molecule has 38 heavy (non-hydrogen) atoms. The molecule has 0 amide bonds. The molecule has 3 nitrogen and oxygen atoms in total. The molecule has 2 rings (SSSR count). The van der Waals surface area contributed by atoms with Crippen molar-refractivity contribution >= 4 is 6.08 Å². The van der Waals surface area contributed by atoms with Crippen molar-refractivity contribution in [3.8, 4) is 11.5 Å². The molecule has 0 spiro atoms. The number of aliphatic hydroxyl groups is 1. The number of methoxy groups -OCH3 is 2. The molecular weight excluding hydrogens is 468 g/mol. The van der Waals surface area contributed by atoms with Gasteiger partial charge in [-0.1, -0.05) is 71.9 Å². The third kappa shape index (κ3) is 18.0. The van der Waals surface area contributed by atoms with Crippen LogP contribution in [-0.2, 0) is 6.42 Å². The monoisotopic (exact) mass is 518 g/mol. The van der Waals surface area contributed by atoms with Crippen molar-refractivity contribution in [2.24, 2.45) is 0 Å². The molecule has 3 heteroatoms. The molecule has 1 atom stereocenters. The summed E-state index contributed by atoms with van der Waals surface area (Å²) >= 11 is 0. The van der Waals surface area contributed by atoms with Gasteiger partial charge in [0.2, 0.25) is 0 Å². The number of ether oxygens (including phenoxy) is 2. The van der Waals surface area contributed by atoms with Gasteiger partial charge >= 0.3 is 0 Å². The molecule has 208 valence electrons. The Hall–Kier alpha value is -3.30. The van der Waals surface area contributed by atoms with E-state index in [0.29, 0.717) is 0 Å². The zero-order valence-corrected chi connectivity index (χ0v) is 24.8. The fraction of sp³-hybridized carbons (Fsp3) is 0.371. The molecule has 1 unspecified atom stereocenters. The predicted octanol–water partition coefficient (Wildman–Crippen LogP) is 9.55. The molecule has 0 saturated heterocycles. The number of hydrogen-bond acceptors (Lipinski definition) is 3. The van der Waals surface area contributed by atoms with E-state index in [0.717, 1.165) is 43.6 Å². The Morgan fingerprint density at radius 3 is 1.87 bits per heavy atom. The van der Waals surface area contributed by atoms with Crippen LogP contribution in [0.4, 0.5) is 0 Å². The van der Waals surface area contributed by atoms with Crippen molar-refractivity contribution in [2.45, 2.75) is 72.3 Å². The summed E-state index contributed by atoms with van der Waals surface area (Å²) in [5.74, 6) is 1.80. The maximum Gasteiger partial charge on any atom is 0.118 e. The summed E-state index contributed by atoms with van der Waals surface area (Å²) < 4.78 is 10.0. The summed E-state index contributed by atoms with van der Waals surface area (Å²) in [6.07, 6.45) is 16.9. The molecule has 0 aliphatic rings. The van der Waals surface area contributed by atoms with Crippen LogP contribution in [0.3, 0.4) is 0 Å². The lowest BCUT2D eigenvalue weighted by molar-refractivity contribution is 0.103. The third-order valence-corrected chi connectivity index (χ3v) is 5.69. The Balaban J connectivity index is 0.000000554. The number of allylic oxidation sites excluding steroid dienone is 6. The molecule has 2 aromatic carbocycles. The second-order valence-electron chi connectivity index (χ2n) is 9.58. The molecular formula is C35H50O3. The summed E-state index contributed by atoms with van der Waals surface area (Å²) in [6, 6.07) is 16.0. The van der Waals surface area contributed by atoms with Crippen LogP contribution in [0, 0.1) is 0 Å². The molecule has 0 aliphatic carbocycles. The topological polar surface area (TPSA) is 38.7 Å². The third-order valence-electron chi connectivity index (χ3n) is 5.69. The van der Waals surface area contributed by atoms with Crippen LogP contribution in [-0.4, -0.2) is 24.9 Å². The quantitative estimate of drug-likeness (QED) is 0.284. The van der Waals surface area contributed by atoms with Crippen molar-refractivity contribution in [3.05, 3.63) is 114 Å². The van der Waals surface area contributed by atoms with Crippen molar-refractivity contribution in [2.75, 3.05) is 14.2 Å². The standard InChI is InChI=1S/C15H26O.2C10H12O/c1-6-15(5,16)12-8-11-14(4)10-7-9-13(2)3;2*1-3-4-9-5-7-10(11-2)8-6-9/h6,9,11,16H,1,7-8,10,12H2,2-5H3;3-8H,1-2H3;3,5-8H,1,4H2,2H3/b;4-3+;. The molecule has 2 aromatic rings. The second kappa shape index (κ2) is 20.7. The van der Waals surface area contributed by atoms with Gasteiger partial charge in [-0.2, -0.15) is 0 Å². The van der Waals surface area contributed by atoms with E-state index in [-0.39, 0.29) is 0 Å². The Labute approximate surface area is 232 Å². The summed E-state index contributed by atoms with van der Waals surface area (Å²) in [6.45, 7) is 17.5. The lowest BCUT2D eigenvalue weighted by Crippen LogP contribution is -2.19. The van der Waals surface area contributed by atoms with Gasteiger partial charge in [-0.3, -0.25) is 0 Å². The van der Waals surface area contributed by atoms with Crippen LogP contribution in [0.15, 0.2) is 103 Å². The maximum atomic E-state index is 9.73. The van der Waals surface area contributed by atoms with E-state index in [1.807, 2.05) is 67.6 Å². The van der Waals surface area contributed by atoms with Crippen LogP contribution < -0.4 is 9.47 Å². The lowest BCUT2D eigenvalue weighted by atomic mass is 9.99. The van der Waals surface area contributed by atoms with E-state index in [4.69, 9.17) is 9.47 Å².